The smallest absolute Gasteiger partial charge is 0.406 e. The van der Waals surface area contributed by atoms with Gasteiger partial charge in [-0.1, -0.05) is 0 Å². The molecule has 0 aromatic heterocycles. The summed E-state index contributed by atoms with van der Waals surface area (Å²) in [7, 11) is 0. The number of benzene rings is 1. The second kappa shape index (κ2) is 4.69. The molecule has 0 aliphatic rings. The normalized spacial score (nSPS) is 10.7. The van der Waals surface area contributed by atoms with Crippen molar-refractivity contribution in [3.63, 3.8) is 0 Å². The van der Waals surface area contributed by atoms with E-state index in [4.69, 9.17) is 5.26 Å². The quantitative estimate of drug-likeness (QED) is 0.606. The van der Waals surface area contributed by atoms with E-state index in [0.717, 1.165) is 12.1 Å². The third kappa shape index (κ3) is 3.64. The van der Waals surface area contributed by atoms with Crippen molar-refractivity contribution < 1.29 is 22.8 Å². The average Bonchev–Trinajstić information content (AvgIpc) is 2.18. The minimum absolute atomic E-state index is 0.0343. The monoisotopic (exact) mass is 246 g/mol. The number of nitro groups is 1. The van der Waals surface area contributed by atoms with Gasteiger partial charge in [-0.2, -0.15) is 5.26 Å². The largest absolute Gasteiger partial charge is 0.573 e. The van der Waals surface area contributed by atoms with Crippen LogP contribution in [0.2, 0.25) is 0 Å². The number of halogens is 3. The van der Waals surface area contributed by atoms with Gasteiger partial charge in [-0.15, -0.1) is 13.2 Å². The zero-order chi connectivity index (χ0) is 13.1. The number of ether oxygens (including phenoxy) is 1. The molecular weight excluding hydrogens is 241 g/mol. The summed E-state index contributed by atoms with van der Waals surface area (Å²) in [5, 5.41) is 19.0. The van der Waals surface area contributed by atoms with Gasteiger partial charge in [0.05, 0.1) is 23.5 Å². The fraction of sp³-hybridized carbons (Fsp3) is 0.222. The van der Waals surface area contributed by atoms with Crippen LogP contribution in [0, 0.1) is 21.4 Å². The van der Waals surface area contributed by atoms with E-state index in [-0.39, 0.29) is 12.0 Å². The first-order valence-corrected chi connectivity index (χ1v) is 4.23. The SMILES string of the molecule is N#CCc1ccc(OC(F)(F)F)cc1[N+](=O)[O-]. The second-order valence-electron chi connectivity index (χ2n) is 2.93. The number of rotatable bonds is 3. The molecule has 1 rings (SSSR count). The van der Waals surface area contributed by atoms with Gasteiger partial charge < -0.3 is 4.74 Å². The standard InChI is InChI=1S/C9H5F3N2O3/c10-9(11,12)17-7-2-1-6(3-4-13)8(5-7)14(15)16/h1-2,5H,3H2. The molecule has 17 heavy (non-hydrogen) atoms. The van der Waals surface area contributed by atoms with Crippen molar-refractivity contribution in [2.24, 2.45) is 0 Å². The highest BCUT2D eigenvalue weighted by Gasteiger charge is 2.32. The van der Waals surface area contributed by atoms with Gasteiger partial charge in [0.2, 0.25) is 0 Å². The predicted molar refractivity (Wildman–Crippen MR) is 49.1 cm³/mol. The molecule has 0 aliphatic heterocycles. The highest BCUT2D eigenvalue weighted by Crippen LogP contribution is 2.29. The van der Waals surface area contributed by atoms with Gasteiger partial charge in [-0.05, 0) is 12.1 Å². The van der Waals surface area contributed by atoms with Crippen LogP contribution < -0.4 is 4.74 Å². The van der Waals surface area contributed by atoms with Gasteiger partial charge in [-0.25, -0.2) is 0 Å². The molecule has 0 spiro atoms. The molecule has 1 aromatic rings. The summed E-state index contributed by atoms with van der Waals surface area (Å²) >= 11 is 0. The van der Waals surface area contributed by atoms with Crippen LogP contribution in [0.1, 0.15) is 5.56 Å². The maximum absolute atomic E-state index is 11.9. The van der Waals surface area contributed by atoms with E-state index in [0.29, 0.717) is 6.07 Å². The first-order valence-electron chi connectivity index (χ1n) is 4.23. The molecule has 0 heterocycles. The highest BCUT2D eigenvalue weighted by atomic mass is 19.4. The molecule has 5 nitrogen and oxygen atoms in total. The first-order chi connectivity index (χ1) is 7.83. The van der Waals surface area contributed by atoms with Crippen molar-refractivity contribution in [2.75, 3.05) is 0 Å². The van der Waals surface area contributed by atoms with Crippen LogP contribution in [0.3, 0.4) is 0 Å². The lowest BCUT2D eigenvalue weighted by Crippen LogP contribution is -2.17. The van der Waals surface area contributed by atoms with Gasteiger partial charge in [0, 0.05) is 5.56 Å². The summed E-state index contributed by atoms with van der Waals surface area (Å²) in [6.07, 6.45) is -5.17. The topological polar surface area (TPSA) is 76.2 Å². The van der Waals surface area contributed by atoms with Gasteiger partial charge >= 0.3 is 6.36 Å². The summed E-state index contributed by atoms with van der Waals surface area (Å²) in [5.74, 6) is -0.689. The van der Waals surface area contributed by atoms with E-state index in [1.165, 1.54) is 0 Å². The molecule has 0 aliphatic carbocycles. The van der Waals surface area contributed by atoms with Crippen LogP contribution in [-0.4, -0.2) is 11.3 Å². The second-order valence-corrected chi connectivity index (χ2v) is 2.93. The fourth-order valence-electron chi connectivity index (χ4n) is 1.15. The van der Waals surface area contributed by atoms with Gasteiger partial charge in [0.1, 0.15) is 5.75 Å². The van der Waals surface area contributed by atoms with Crippen molar-refractivity contribution in [2.45, 2.75) is 12.8 Å². The molecule has 0 fully saturated rings. The number of hydrogen-bond donors (Lipinski definition) is 0. The van der Waals surface area contributed by atoms with Gasteiger partial charge in [-0.3, -0.25) is 10.1 Å². The molecule has 8 heteroatoms. The van der Waals surface area contributed by atoms with Crippen molar-refractivity contribution in [1.29, 1.82) is 5.26 Å². The van der Waals surface area contributed by atoms with Crippen molar-refractivity contribution in [3.8, 4) is 11.8 Å². The Labute approximate surface area is 93.2 Å². The first kappa shape index (κ1) is 12.8. The third-order valence-electron chi connectivity index (χ3n) is 1.76. The number of nitriles is 1. The summed E-state index contributed by atoms with van der Waals surface area (Å²) in [5.41, 5.74) is -0.541. The maximum Gasteiger partial charge on any atom is 0.573 e. The summed E-state index contributed by atoms with van der Waals surface area (Å²) in [6.45, 7) is 0. The lowest BCUT2D eigenvalue weighted by Gasteiger charge is -2.09. The molecule has 0 amide bonds. The molecular formula is C9H5F3N2O3. The Kier molecular flexibility index (Phi) is 3.52. The number of hydrogen-bond acceptors (Lipinski definition) is 4. The Morgan fingerprint density at radius 1 is 1.47 bits per heavy atom. The van der Waals surface area contributed by atoms with Gasteiger partial charge in [0.15, 0.2) is 0 Å². The van der Waals surface area contributed by atoms with Crippen molar-refractivity contribution >= 4 is 5.69 Å². The van der Waals surface area contributed by atoms with Crippen LogP contribution in [0.25, 0.3) is 0 Å². The van der Waals surface area contributed by atoms with Crippen molar-refractivity contribution in [1.82, 2.24) is 0 Å². The maximum atomic E-state index is 11.9. The Bertz CT molecular complexity index is 479. The Hall–Kier alpha value is -2.30. The zero-order valence-corrected chi connectivity index (χ0v) is 8.19. The third-order valence-corrected chi connectivity index (χ3v) is 1.76. The van der Waals surface area contributed by atoms with Crippen LogP contribution >= 0.6 is 0 Å². The van der Waals surface area contributed by atoms with Crippen LogP contribution in [-0.2, 0) is 6.42 Å². The van der Waals surface area contributed by atoms with E-state index in [1.807, 2.05) is 0 Å². The molecule has 0 saturated carbocycles. The van der Waals surface area contributed by atoms with E-state index in [9.17, 15) is 23.3 Å². The molecule has 0 N–H and O–H groups in total. The Morgan fingerprint density at radius 2 is 2.12 bits per heavy atom. The molecule has 90 valence electrons. The minimum atomic E-state index is -4.91. The summed E-state index contributed by atoms with van der Waals surface area (Å²) < 4.78 is 39.2. The lowest BCUT2D eigenvalue weighted by atomic mass is 10.1. The van der Waals surface area contributed by atoms with E-state index in [1.54, 1.807) is 6.07 Å². The molecule has 0 radical (unpaired) electrons. The zero-order valence-electron chi connectivity index (χ0n) is 8.19. The fourth-order valence-corrected chi connectivity index (χ4v) is 1.15. The predicted octanol–water partition coefficient (Wildman–Crippen LogP) is 2.56. The van der Waals surface area contributed by atoms with E-state index in [2.05, 4.69) is 4.74 Å². The molecule has 0 bridgehead atoms. The molecule has 0 atom stereocenters. The van der Waals surface area contributed by atoms with Crippen LogP contribution in [0.15, 0.2) is 18.2 Å². The number of nitro benzene ring substituents is 1. The summed E-state index contributed by atoms with van der Waals surface area (Å²) in [4.78, 5) is 9.71. The molecule has 0 unspecified atom stereocenters. The van der Waals surface area contributed by atoms with Crippen LogP contribution in [0.5, 0.6) is 5.75 Å². The Balaban J connectivity index is 3.11. The molecule has 1 aromatic carbocycles. The lowest BCUT2D eigenvalue weighted by molar-refractivity contribution is -0.385. The van der Waals surface area contributed by atoms with E-state index >= 15 is 0 Å². The summed E-state index contributed by atoms with van der Waals surface area (Å²) in [6, 6.07) is 4.30. The molecule has 0 saturated heterocycles. The van der Waals surface area contributed by atoms with Crippen LogP contribution in [0.4, 0.5) is 18.9 Å². The van der Waals surface area contributed by atoms with E-state index < -0.39 is 22.7 Å². The van der Waals surface area contributed by atoms with Gasteiger partial charge in [0.25, 0.3) is 5.69 Å². The minimum Gasteiger partial charge on any atom is -0.406 e. The Morgan fingerprint density at radius 3 is 2.59 bits per heavy atom. The number of alkyl halides is 3. The van der Waals surface area contributed by atoms with Crippen molar-refractivity contribution in [3.05, 3.63) is 33.9 Å². The number of nitrogens with zero attached hydrogens (tertiary/aromatic N) is 2. The average molecular weight is 246 g/mol. The highest BCUT2D eigenvalue weighted by molar-refractivity contribution is 5.47.